The number of esters is 1. The average molecular weight is 371 g/mol. The van der Waals surface area contributed by atoms with Crippen LogP contribution in [0.1, 0.15) is 30.1 Å². The fourth-order valence-electron chi connectivity index (χ4n) is 2.29. The van der Waals surface area contributed by atoms with E-state index in [0.29, 0.717) is 0 Å². The molecule has 1 aliphatic rings. The molecule has 0 saturated heterocycles. The molecule has 1 aliphatic carbocycles. The molecule has 1 aromatic rings. The predicted molar refractivity (Wildman–Crippen MR) is 88.2 cm³/mol. The highest BCUT2D eigenvalue weighted by Gasteiger charge is 2.43. The van der Waals surface area contributed by atoms with Crippen LogP contribution in [0.2, 0.25) is 10.0 Å². The van der Waals surface area contributed by atoms with Gasteiger partial charge in [0, 0.05) is 0 Å². The molecular weight excluding hydrogens is 355 g/mol. The smallest absolute Gasteiger partial charge is 0.338 e. The summed E-state index contributed by atoms with van der Waals surface area (Å²) in [6.45, 7) is 1.16. The molecular formula is C16H16Cl2N2O4. The number of halogens is 2. The third-order valence-corrected chi connectivity index (χ3v) is 4.36. The van der Waals surface area contributed by atoms with Crippen LogP contribution in [-0.4, -0.2) is 31.1 Å². The molecule has 6 nitrogen and oxygen atoms in total. The second-order valence-electron chi connectivity index (χ2n) is 5.69. The van der Waals surface area contributed by atoms with Gasteiger partial charge in [0.2, 0.25) is 0 Å². The molecule has 1 atom stereocenters. The van der Waals surface area contributed by atoms with Crippen molar-refractivity contribution in [3.63, 3.8) is 0 Å². The molecule has 0 spiro atoms. The first-order chi connectivity index (χ1) is 11.3. The molecule has 1 amide bonds. The Kier molecular flexibility index (Phi) is 5.58. The summed E-state index contributed by atoms with van der Waals surface area (Å²) in [6.07, 6.45) is 1.79. The van der Waals surface area contributed by atoms with E-state index < -0.39 is 24.0 Å². The van der Waals surface area contributed by atoms with Crippen LogP contribution in [-0.2, 0) is 9.53 Å². The molecule has 0 unspecified atom stereocenters. The van der Waals surface area contributed by atoms with E-state index in [1.165, 1.54) is 19.2 Å². The lowest BCUT2D eigenvalue weighted by Gasteiger charge is -2.22. The summed E-state index contributed by atoms with van der Waals surface area (Å²) >= 11 is 11.9. The Labute approximate surface area is 149 Å². The summed E-state index contributed by atoms with van der Waals surface area (Å²) in [5, 5.41) is 12.1. The van der Waals surface area contributed by atoms with Crippen molar-refractivity contribution in [1.29, 1.82) is 5.26 Å². The number of benzene rings is 1. The van der Waals surface area contributed by atoms with Crippen LogP contribution in [0.15, 0.2) is 12.1 Å². The molecule has 1 saturated carbocycles. The number of carbonyl (C=O) groups is 2. The Morgan fingerprint density at radius 3 is 2.42 bits per heavy atom. The van der Waals surface area contributed by atoms with E-state index in [1.54, 1.807) is 6.92 Å². The van der Waals surface area contributed by atoms with E-state index in [-0.39, 0.29) is 27.3 Å². The number of methoxy groups -OCH3 is 1. The normalized spacial score (nSPS) is 15.8. The number of nitriles is 1. The van der Waals surface area contributed by atoms with Crippen LogP contribution in [0.4, 0.5) is 0 Å². The Bertz CT molecular complexity index is 690. The quantitative estimate of drug-likeness (QED) is 0.777. The van der Waals surface area contributed by atoms with Gasteiger partial charge in [-0.1, -0.05) is 23.2 Å². The highest BCUT2D eigenvalue weighted by atomic mass is 35.5. The minimum absolute atomic E-state index is 0.101. The molecule has 0 radical (unpaired) electrons. The third-order valence-electron chi connectivity index (χ3n) is 3.80. The van der Waals surface area contributed by atoms with E-state index >= 15 is 0 Å². The van der Waals surface area contributed by atoms with Crippen molar-refractivity contribution in [2.45, 2.75) is 25.3 Å². The molecule has 1 aromatic carbocycles. The van der Waals surface area contributed by atoms with Crippen LogP contribution >= 0.6 is 23.2 Å². The van der Waals surface area contributed by atoms with Gasteiger partial charge in [-0.15, -0.1) is 0 Å². The topological polar surface area (TPSA) is 88.4 Å². The lowest BCUT2D eigenvalue weighted by molar-refractivity contribution is -0.125. The first kappa shape index (κ1) is 18.4. The largest absolute Gasteiger partial charge is 0.494 e. The molecule has 0 bridgehead atoms. The number of carbonyl (C=O) groups excluding carboxylic acids is 2. The van der Waals surface area contributed by atoms with Gasteiger partial charge in [-0.2, -0.15) is 5.26 Å². The van der Waals surface area contributed by atoms with Gasteiger partial charge in [0.15, 0.2) is 12.4 Å². The number of hydrogen-bond donors (Lipinski definition) is 1. The zero-order valence-corrected chi connectivity index (χ0v) is 14.7. The van der Waals surface area contributed by atoms with Crippen LogP contribution in [0.5, 0.6) is 5.75 Å². The van der Waals surface area contributed by atoms with Gasteiger partial charge < -0.3 is 14.8 Å². The fourth-order valence-corrected chi connectivity index (χ4v) is 2.94. The molecule has 0 aromatic heterocycles. The third kappa shape index (κ3) is 4.11. The Morgan fingerprint density at radius 1 is 1.38 bits per heavy atom. The Balaban J connectivity index is 1.96. The lowest BCUT2D eigenvalue weighted by atomic mass is 9.98. The summed E-state index contributed by atoms with van der Waals surface area (Å²) in [4.78, 5) is 23.9. The molecule has 0 heterocycles. The Morgan fingerprint density at radius 2 is 1.96 bits per heavy atom. The molecule has 128 valence electrons. The van der Waals surface area contributed by atoms with Crippen molar-refractivity contribution in [2.75, 3.05) is 13.7 Å². The van der Waals surface area contributed by atoms with E-state index in [2.05, 4.69) is 11.4 Å². The standard InChI is InChI=1S/C16H16Cl2N2O4/c1-16(8-19,10-3-4-10)20-13(21)7-24-15(22)9-5-11(17)14(23-2)12(18)6-9/h5-6,10H,3-4,7H2,1-2H3,(H,20,21)/t16-/m0/s1. The van der Waals surface area contributed by atoms with E-state index in [1.807, 2.05) is 0 Å². The molecule has 2 rings (SSSR count). The van der Waals surface area contributed by atoms with Crippen molar-refractivity contribution in [1.82, 2.24) is 5.32 Å². The second-order valence-corrected chi connectivity index (χ2v) is 6.50. The summed E-state index contributed by atoms with van der Waals surface area (Å²) in [7, 11) is 1.40. The lowest BCUT2D eigenvalue weighted by Crippen LogP contribution is -2.48. The summed E-state index contributed by atoms with van der Waals surface area (Å²) < 4.78 is 9.94. The van der Waals surface area contributed by atoms with E-state index in [9.17, 15) is 14.9 Å². The molecule has 8 heteroatoms. The number of amides is 1. The maximum atomic E-state index is 12.0. The maximum absolute atomic E-state index is 12.0. The fraction of sp³-hybridized carbons (Fsp3) is 0.438. The maximum Gasteiger partial charge on any atom is 0.338 e. The van der Waals surface area contributed by atoms with E-state index in [4.69, 9.17) is 32.7 Å². The molecule has 1 N–H and O–H groups in total. The van der Waals surface area contributed by atoms with Crippen LogP contribution in [0.25, 0.3) is 0 Å². The van der Waals surface area contributed by atoms with Crippen molar-refractivity contribution >= 4 is 35.1 Å². The minimum atomic E-state index is -0.934. The molecule has 24 heavy (non-hydrogen) atoms. The van der Waals surface area contributed by atoms with Crippen LogP contribution < -0.4 is 10.1 Å². The minimum Gasteiger partial charge on any atom is -0.494 e. The van der Waals surface area contributed by atoms with Crippen molar-refractivity contribution in [3.8, 4) is 11.8 Å². The summed E-state index contributed by atoms with van der Waals surface area (Å²) in [5.41, 5.74) is -0.834. The molecule has 1 fully saturated rings. The first-order valence-corrected chi connectivity index (χ1v) is 7.98. The monoisotopic (exact) mass is 370 g/mol. The zero-order chi connectivity index (χ0) is 17.9. The van der Waals surface area contributed by atoms with Crippen LogP contribution in [0.3, 0.4) is 0 Å². The van der Waals surface area contributed by atoms with Gasteiger partial charge in [0.25, 0.3) is 5.91 Å². The predicted octanol–water partition coefficient (Wildman–Crippen LogP) is 2.97. The zero-order valence-electron chi connectivity index (χ0n) is 13.2. The van der Waals surface area contributed by atoms with Gasteiger partial charge in [0.05, 0.1) is 28.8 Å². The summed E-state index contributed by atoms with van der Waals surface area (Å²) in [5.74, 6) is -0.894. The van der Waals surface area contributed by atoms with Gasteiger partial charge >= 0.3 is 5.97 Å². The van der Waals surface area contributed by atoms with Crippen molar-refractivity contribution < 1.29 is 19.1 Å². The van der Waals surface area contributed by atoms with Gasteiger partial charge in [0.1, 0.15) is 5.54 Å². The number of hydrogen-bond acceptors (Lipinski definition) is 5. The highest BCUT2D eigenvalue weighted by Crippen LogP contribution is 2.39. The number of rotatable bonds is 6. The number of nitrogens with one attached hydrogen (secondary N) is 1. The van der Waals surface area contributed by atoms with Crippen molar-refractivity contribution in [3.05, 3.63) is 27.7 Å². The highest BCUT2D eigenvalue weighted by molar-refractivity contribution is 6.37. The summed E-state index contributed by atoms with van der Waals surface area (Å²) in [6, 6.07) is 4.78. The van der Waals surface area contributed by atoms with E-state index in [0.717, 1.165) is 12.8 Å². The Hall–Kier alpha value is -1.97. The SMILES string of the molecule is COc1c(Cl)cc(C(=O)OCC(=O)N[C@@](C)(C#N)C2CC2)cc1Cl. The first-order valence-electron chi connectivity index (χ1n) is 7.23. The number of ether oxygens (including phenoxy) is 2. The van der Waals surface area contributed by atoms with Crippen LogP contribution in [0, 0.1) is 17.2 Å². The van der Waals surface area contributed by atoms with Gasteiger partial charge in [-0.3, -0.25) is 4.79 Å². The van der Waals surface area contributed by atoms with Gasteiger partial charge in [-0.05, 0) is 37.8 Å². The molecule has 0 aliphatic heterocycles. The number of nitrogens with zero attached hydrogens (tertiary/aromatic N) is 1. The van der Waals surface area contributed by atoms with Gasteiger partial charge in [-0.25, -0.2) is 4.79 Å². The van der Waals surface area contributed by atoms with Crippen molar-refractivity contribution in [2.24, 2.45) is 5.92 Å². The second kappa shape index (κ2) is 7.29. The average Bonchev–Trinajstić information content (AvgIpc) is 3.37.